The topological polar surface area (TPSA) is 73.9 Å². The third-order valence-corrected chi connectivity index (χ3v) is 4.62. The van der Waals surface area contributed by atoms with Gasteiger partial charge >= 0.3 is 5.97 Å². The van der Waals surface area contributed by atoms with Gasteiger partial charge in [0.2, 0.25) is 6.79 Å². The highest BCUT2D eigenvalue weighted by Gasteiger charge is 2.22. The van der Waals surface area contributed by atoms with E-state index in [9.17, 15) is 9.59 Å². The number of benzene rings is 2. The Balaban J connectivity index is 1.65. The largest absolute Gasteiger partial charge is 0.454 e. The SMILES string of the molecule is CC[C@@H](C)c1ccccc1NC(=O)[C@H](C)OC(=O)c1ccc2c(c1)OCO2. The molecule has 1 N–H and O–H groups in total. The van der Waals surface area contributed by atoms with Crippen LogP contribution in [0.25, 0.3) is 0 Å². The van der Waals surface area contributed by atoms with Gasteiger partial charge in [0, 0.05) is 5.69 Å². The van der Waals surface area contributed by atoms with E-state index in [1.165, 1.54) is 0 Å². The molecule has 142 valence electrons. The van der Waals surface area contributed by atoms with Crippen molar-refractivity contribution in [1.82, 2.24) is 0 Å². The Bertz CT molecular complexity index is 848. The molecule has 0 aromatic heterocycles. The Morgan fingerprint density at radius 3 is 2.63 bits per heavy atom. The van der Waals surface area contributed by atoms with Crippen molar-refractivity contribution in [2.45, 2.75) is 39.2 Å². The van der Waals surface area contributed by atoms with E-state index in [2.05, 4.69) is 19.2 Å². The van der Waals surface area contributed by atoms with Crippen LogP contribution < -0.4 is 14.8 Å². The molecule has 0 saturated heterocycles. The Hall–Kier alpha value is -3.02. The Kier molecular flexibility index (Phi) is 5.64. The number of anilines is 1. The van der Waals surface area contributed by atoms with Crippen molar-refractivity contribution in [3.8, 4) is 11.5 Å². The summed E-state index contributed by atoms with van der Waals surface area (Å²) < 4.78 is 15.8. The summed E-state index contributed by atoms with van der Waals surface area (Å²) in [7, 11) is 0. The van der Waals surface area contributed by atoms with E-state index >= 15 is 0 Å². The van der Waals surface area contributed by atoms with Crippen LogP contribution in [-0.2, 0) is 9.53 Å². The minimum absolute atomic E-state index is 0.127. The molecule has 0 fully saturated rings. The summed E-state index contributed by atoms with van der Waals surface area (Å²) >= 11 is 0. The third-order valence-electron chi connectivity index (χ3n) is 4.62. The van der Waals surface area contributed by atoms with Gasteiger partial charge in [-0.05, 0) is 49.1 Å². The summed E-state index contributed by atoms with van der Waals surface area (Å²) in [6.45, 7) is 5.88. The van der Waals surface area contributed by atoms with Crippen LogP contribution in [0.15, 0.2) is 42.5 Å². The number of esters is 1. The maximum atomic E-state index is 12.5. The number of hydrogen-bond donors (Lipinski definition) is 1. The van der Waals surface area contributed by atoms with E-state index in [-0.39, 0.29) is 12.7 Å². The maximum Gasteiger partial charge on any atom is 0.339 e. The van der Waals surface area contributed by atoms with Crippen LogP contribution in [0.5, 0.6) is 11.5 Å². The van der Waals surface area contributed by atoms with Crippen molar-refractivity contribution < 1.29 is 23.8 Å². The summed E-state index contributed by atoms with van der Waals surface area (Å²) in [5, 5.41) is 2.86. The highest BCUT2D eigenvalue weighted by molar-refractivity contribution is 5.98. The van der Waals surface area contributed by atoms with Gasteiger partial charge < -0.3 is 19.5 Å². The molecule has 3 rings (SSSR count). The number of rotatable bonds is 6. The molecule has 0 aliphatic carbocycles. The quantitative estimate of drug-likeness (QED) is 0.776. The Morgan fingerprint density at radius 1 is 1.11 bits per heavy atom. The Labute approximate surface area is 158 Å². The first-order chi connectivity index (χ1) is 13.0. The lowest BCUT2D eigenvalue weighted by molar-refractivity contribution is -0.123. The van der Waals surface area contributed by atoms with Crippen molar-refractivity contribution in [2.24, 2.45) is 0 Å². The van der Waals surface area contributed by atoms with Crippen LogP contribution in [0.3, 0.4) is 0 Å². The van der Waals surface area contributed by atoms with Crippen molar-refractivity contribution in [3.05, 3.63) is 53.6 Å². The summed E-state index contributed by atoms with van der Waals surface area (Å²) in [5.74, 6) is 0.419. The average molecular weight is 369 g/mol. The molecule has 0 saturated carbocycles. The van der Waals surface area contributed by atoms with Gasteiger partial charge in [0.15, 0.2) is 17.6 Å². The lowest BCUT2D eigenvalue weighted by Gasteiger charge is -2.18. The van der Waals surface area contributed by atoms with Crippen LogP contribution in [0.4, 0.5) is 5.69 Å². The van der Waals surface area contributed by atoms with Crippen molar-refractivity contribution in [3.63, 3.8) is 0 Å². The summed E-state index contributed by atoms with van der Waals surface area (Å²) in [4.78, 5) is 24.8. The molecular formula is C21H23NO5. The number of nitrogens with one attached hydrogen (secondary N) is 1. The van der Waals surface area contributed by atoms with E-state index in [1.54, 1.807) is 25.1 Å². The van der Waals surface area contributed by atoms with Gasteiger partial charge in [0.25, 0.3) is 5.91 Å². The normalized spacial score (nSPS) is 14.3. The Morgan fingerprint density at radius 2 is 1.85 bits per heavy atom. The van der Waals surface area contributed by atoms with Crippen molar-refractivity contribution >= 4 is 17.6 Å². The van der Waals surface area contributed by atoms with Crippen LogP contribution in [0.1, 0.15) is 49.0 Å². The fourth-order valence-corrected chi connectivity index (χ4v) is 2.80. The van der Waals surface area contributed by atoms with E-state index < -0.39 is 12.1 Å². The lowest BCUT2D eigenvalue weighted by Crippen LogP contribution is -2.30. The maximum absolute atomic E-state index is 12.5. The van der Waals surface area contributed by atoms with Gasteiger partial charge in [-0.3, -0.25) is 4.79 Å². The number of ether oxygens (including phenoxy) is 3. The van der Waals surface area contributed by atoms with Gasteiger partial charge in [-0.25, -0.2) is 4.79 Å². The molecule has 1 aliphatic heterocycles. The van der Waals surface area contributed by atoms with E-state index in [4.69, 9.17) is 14.2 Å². The number of amides is 1. The molecular weight excluding hydrogens is 346 g/mol. The molecule has 2 aromatic carbocycles. The second kappa shape index (κ2) is 8.12. The number of carbonyl (C=O) groups is 2. The van der Waals surface area contributed by atoms with Crippen molar-refractivity contribution in [1.29, 1.82) is 0 Å². The predicted molar refractivity (Wildman–Crippen MR) is 101 cm³/mol. The predicted octanol–water partition coefficient (Wildman–Crippen LogP) is 4.11. The molecule has 6 heteroatoms. The van der Waals surface area contributed by atoms with Crippen LogP contribution >= 0.6 is 0 Å². The number of hydrogen-bond acceptors (Lipinski definition) is 5. The summed E-state index contributed by atoms with van der Waals surface area (Å²) in [5.41, 5.74) is 2.10. The summed E-state index contributed by atoms with van der Waals surface area (Å²) in [6.07, 6.45) is 0.0227. The molecule has 0 radical (unpaired) electrons. The van der Waals surface area contributed by atoms with Crippen LogP contribution in [0.2, 0.25) is 0 Å². The zero-order chi connectivity index (χ0) is 19.4. The molecule has 1 aliphatic rings. The molecule has 27 heavy (non-hydrogen) atoms. The fourth-order valence-electron chi connectivity index (χ4n) is 2.80. The molecule has 0 spiro atoms. The smallest absolute Gasteiger partial charge is 0.339 e. The molecule has 2 aromatic rings. The average Bonchev–Trinajstić information content (AvgIpc) is 3.15. The van der Waals surface area contributed by atoms with E-state index in [1.807, 2.05) is 24.3 Å². The zero-order valence-corrected chi connectivity index (χ0v) is 15.7. The monoisotopic (exact) mass is 369 g/mol. The second-order valence-electron chi connectivity index (χ2n) is 6.50. The highest BCUT2D eigenvalue weighted by Crippen LogP contribution is 2.32. The van der Waals surface area contributed by atoms with Gasteiger partial charge in [0.1, 0.15) is 0 Å². The highest BCUT2D eigenvalue weighted by atomic mass is 16.7. The van der Waals surface area contributed by atoms with Crippen LogP contribution in [0, 0.1) is 0 Å². The molecule has 0 bridgehead atoms. The van der Waals surface area contributed by atoms with Gasteiger partial charge in [-0.1, -0.05) is 32.0 Å². The first kappa shape index (κ1) is 18.8. The van der Waals surface area contributed by atoms with Gasteiger partial charge in [0.05, 0.1) is 5.56 Å². The zero-order valence-electron chi connectivity index (χ0n) is 15.7. The number of fused-ring (bicyclic) bond motifs is 1. The van der Waals surface area contributed by atoms with Gasteiger partial charge in [-0.15, -0.1) is 0 Å². The minimum atomic E-state index is -0.937. The minimum Gasteiger partial charge on any atom is -0.454 e. The van der Waals surface area contributed by atoms with Gasteiger partial charge in [-0.2, -0.15) is 0 Å². The third kappa shape index (κ3) is 4.22. The van der Waals surface area contributed by atoms with Crippen molar-refractivity contribution in [2.75, 3.05) is 12.1 Å². The molecule has 2 atom stereocenters. The molecule has 1 heterocycles. The van der Waals surface area contributed by atoms with E-state index in [0.717, 1.165) is 17.7 Å². The van der Waals surface area contributed by atoms with Crippen LogP contribution in [-0.4, -0.2) is 24.8 Å². The lowest BCUT2D eigenvalue weighted by atomic mass is 9.97. The first-order valence-electron chi connectivity index (χ1n) is 9.00. The van der Waals surface area contributed by atoms with E-state index in [0.29, 0.717) is 23.0 Å². The number of para-hydroxylation sites is 1. The standard InChI is InChI=1S/C21H23NO5/c1-4-13(2)16-7-5-6-8-17(16)22-20(23)14(3)27-21(24)15-9-10-18-19(11-15)26-12-25-18/h5-11,13-14H,4,12H2,1-3H3,(H,22,23)/t13-,14+/m1/s1. The second-order valence-corrected chi connectivity index (χ2v) is 6.50. The molecule has 0 unspecified atom stereocenters. The summed E-state index contributed by atoms with van der Waals surface area (Å²) in [6, 6.07) is 12.4. The molecule has 6 nitrogen and oxygen atoms in total. The molecule has 1 amide bonds. The first-order valence-corrected chi connectivity index (χ1v) is 9.00. The number of carbonyl (C=O) groups excluding carboxylic acids is 2. The fraction of sp³-hybridized carbons (Fsp3) is 0.333.